The first-order valence-electron chi connectivity index (χ1n) is 5.74. The van der Waals surface area contributed by atoms with E-state index < -0.39 is 0 Å². The molecule has 98 valence electrons. The van der Waals surface area contributed by atoms with Crippen LogP contribution in [-0.4, -0.2) is 18.6 Å². The van der Waals surface area contributed by atoms with Gasteiger partial charge in [0.1, 0.15) is 5.75 Å². The summed E-state index contributed by atoms with van der Waals surface area (Å²) in [5.74, 6) is 0.663. The molecular weight excluding hydrogens is 324 g/mol. The number of rotatable bonds is 5. The minimum Gasteiger partial charge on any atom is -0.485 e. The summed E-state index contributed by atoms with van der Waals surface area (Å²) in [6.07, 6.45) is 2.01. The number of thioether (sulfide) groups is 1. The summed E-state index contributed by atoms with van der Waals surface area (Å²) in [5.41, 5.74) is 0.674. The van der Waals surface area contributed by atoms with Crippen LogP contribution in [0.5, 0.6) is 5.75 Å². The summed E-state index contributed by atoms with van der Waals surface area (Å²) in [5, 5.41) is 0. The van der Waals surface area contributed by atoms with Crippen molar-refractivity contribution in [3.8, 4) is 5.75 Å². The molecule has 0 unspecified atom stereocenters. The summed E-state index contributed by atoms with van der Waals surface area (Å²) in [4.78, 5) is 13.1. The van der Waals surface area contributed by atoms with Gasteiger partial charge in [0.2, 0.25) is 0 Å². The molecule has 0 saturated heterocycles. The second-order valence-electron chi connectivity index (χ2n) is 3.90. The van der Waals surface area contributed by atoms with Crippen molar-refractivity contribution < 1.29 is 9.53 Å². The molecule has 0 aliphatic carbocycles. The predicted octanol–water partition coefficient (Wildman–Crippen LogP) is 4.43. The molecule has 0 saturated carbocycles. The number of hydrogen-bond acceptors (Lipinski definition) is 3. The van der Waals surface area contributed by atoms with E-state index in [9.17, 15) is 4.79 Å². The molecule has 0 amide bonds. The Kier molecular flexibility index (Phi) is 5.05. The van der Waals surface area contributed by atoms with Gasteiger partial charge in [0.05, 0.1) is 0 Å². The van der Waals surface area contributed by atoms with Crippen LogP contribution in [-0.2, 0) is 0 Å². The molecule has 2 aromatic carbocycles. The summed E-state index contributed by atoms with van der Waals surface area (Å²) >= 11 is 5.02. The minimum atomic E-state index is -0.0207. The number of carbonyl (C=O) groups excluding carboxylic acids is 1. The van der Waals surface area contributed by atoms with Gasteiger partial charge in [0.25, 0.3) is 0 Å². The Bertz CT molecular complexity index is 567. The fourth-order valence-corrected chi connectivity index (χ4v) is 2.35. The summed E-state index contributed by atoms with van der Waals surface area (Å²) in [6.45, 7) is 0.0507. The van der Waals surface area contributed by atoms with Gasteiger partial charge in [0.15, 0.2) is 12.4 Å². The van der Waals surface area contributed by atoms with Gasteiger partial charge < -0.3 is 4.74 Å². The quantitative estimate of drug-likeness (QED) is 0.596. The van der Waals surface area contributed by atoms with Crippen LogP contribution in [0.2, 0.25) is 0 Å². The zero-order valence-corrected chi connectivity index (χ0v) is 12.8. The Morgan fingerprint density at radius 2 is 1.95 bits per heavy atom. The smallest absolute Gasteiger partial charge is 0.200 e. The van der Waals surface area contributed by atoms with Gasteiger partial charge in [-0.2, -0.15) is 0 Å². The maximum Gasteiger partial charge on any atom is 0.200 e. The number of Topliss-reactive ketones (excluding diaryl/α,β-unsaturated/α-hetero) is 1. The topological polar surface area (TPSA) is 26.3 Å². The van der Waals surface area contributed by atoms with Crippen LogP contribution in [0.1, 0.15) is 10.4 Å². The first kappa shape index (κ1) is 14.2. The molecule has 0 N–H and O–H groups in total. The fourth-order valence-electron chi connectivity index (χ4n) is 1.57. The second kappa shape index (κ2) is 6.78. The van der Waals surface area contributed by atoms with Gasteiger partial charge in [0, 0.05) is 14.9 Å². The van der Waals surface area contributed by atoms with Crippen molar-refractivity contribution >= 4 is 33.5 Å². The molecule has 0 atom stereocenters. The normalized spacial score (nSPS) is 10.2. The molecular formula is C15H13BrO2S. The van der Waals surface area contributed by atoms with Crippen molar-refractivity contribution in [3.63, 3.8) is 0 Å². The van der Waals surface area contributed by atoms with Gasteiger partial charge in [-0.3, -0.25) is 4.79 Å². The average molecular weight is 337 g/mol. The lowest BCUT2D eigenvalue weighted by molar-refractivity contribution is 0.0921. The van der Waals surface area contributed by atoms with Crippen LogP contribution >= 0.6 is 27.7 Å². The monoisotopic (exact) mass is 336 g/mol. The van der Waals surface area contributed by atoms with Gasteiger partial charge in [-0.05, 0) is 36.6 Å². The third-order valence-corrected chi connectivity index (χ3v) is 3.81. The molecule has 0 radical (unpaired) electrons. The maximum absolute atomic E-state index is 12.0. The highest BCUT2D eigenvalue weighted by molar-refractivity contribution is 9.10. The molecule has 2 rings (SSSR count). The predicted molar refractivity (Wildman–Crippen MR) is 82.2 cm³/mol. The van der Waals surface area contributed by atoms with Crippen molar-refractivity contribution in [3.05, 3.63) is 58.6 Å². The molecule has 2 nitrogen and oxygen atoms in total. The fraction of sp³-hybridized carbons (Fsp3) is 0.133. The Hall–Kier alpha value is -1.26. The van der Waals surface area contributed by atoms with Crippen molar-refractivity contribution in [1.82, 2.24) is 0 Å². The molecule has 19 heavy (non-hydrogen) atoms. The number of halogens is 1. The second-order valence-corrected chi connectivity index (χ2v) is 5.69. The lowest BCUT2D eigenvalue weighted by Crippen LogP contribution is -2.11. The van der Waals surface area contributed by atoms with Gasteiger partial charge in [-0.15, -0.1) is 11.8 Å². The zero-order chi connectivity index (χ0) is 13.7. The molecule has 0 bridgehead atoms. The van der Waals surface area contributed by atoms with Gasteiger partial charge >= 0.3 is 0 Å². The van der Waals surface area contributed by atoms with Crippen molar-refractivity contribution in [2.45, 2.75) is 4.90 Å². The van der Waals surface area contributed by atoms with Crippen molar-refractivity contribution in [2.75, 3.05) is 12.9 Å². The molecule has 0 heterocycles. The lowest BCUT2D eigenvalue weighted by atomic mass is 10.1. The number of ether oxygens (including phenoxy) is 1. The molecule has 0 aliphatic rings. The highest BCUT2D eigenvalue weighted by atomic mass is 79.9. The van der Waals surface area contributed by atoms with Crippen LogP contribution in [0, 0.1) is 0 Å². The summed E-state index contributed by atoms with van der Waals surface area (Å²) in [6, 6.07) is 15.0. The van der Waals surface area contributed by atoms with Crippen LogP contribution in [0.15, 0.2) is 57.9 Å². The van der Waals surface area contributed by atoms with E-state index >= 15 is 0 Å². The molecule has 0 aromatic heterocycles. The van der Waals surface area contributed by atoms with Crippen LogP contribution < -0.4 is 4.74 Å². The van der Waals surface area contributed by atoms with E-state index in [0.29, 0.717) is 11.3 Å². The minimum absolute atomic E-state index is 0.0207. The van der Waals surface area contributed by atoms with E-state index in [1.165, 1.54) is 0 Å². The summed E-state index contributed by atoms with van der Waals surface area (Å²) < 4.78 is 6.41. The first-order valence-corrected chi connectivity index (χ1v) is 7.76. The third-order valence-electron chi connectivity index (χ3n) is 2.58. The Labute approximate surface area is 125 Å². The standard InChI is InChI=1S/C15H13BrO2S/c1-19-14-7-5-11(6-8-14)15(17)10-18-13-4-2-3-12(16)9-13/h2-9H,10H2,1H3. The lowest BCUT2D eigenvalue weighted by Gasteiger charge is -2.06. The molecule has 2 aromatic rings. The average Bonchev–Trinajstić information content (AvgIpc) is 2.45. The highest BCUT2D eigenvalue weighted by Gasteiger charge is 2.07. The Morgan fingerprint density at radius 3 is 2.58 bits per heavy atom. The van der Waals surface area contributed by atoms with Crippen molar-refractivity contribution in [2.24, 2.45) is 0 Å². The zero-order valence-electron chi connectivity index (χ0n) is 10.4. The molecule has 4 heteroatoms. The number of hydrogen-bond donors (Lipinski definition) is 0. The molecule has 0 spiro atoms. The largest absolute Gasteiger partial charge is 0.485 e. The van der Waals surface area contributed by atoms with E-state index in [4.69, 9.17) is 4.74 Å². The van der Waals surface area contributed by atoms with E-state index in [1.54, 1.807) is 11.8 Å². The molecule has 0 fully saturated rings. The summed E-state index contributed by atoms with van der Waals surface area (Å²) in [7, 11) is 0. The van der Waals surface area contributed by atoms with E-state index in [0.717, 1.165) is 9.37 Å². The van der Waals surface area contributed by atoms with Crippen LogP contribution in [0.4, 0.5) is 0 Å². The van der Waals surface area contributed by atoms with Crippen LogP contribution in [0.25, 0.3) is 0 Å². The van der Waals surface area contributed by atoms with Crippen LogP contribution in [0.3, 0.4) is 0 Å². The Balaban J connectivity index is 1.97. The SMILES string of the molecule is CSc1ccc(C(=O)COc2cccc(Br)c2)cc1. The first-order chi connectivity index (χ1) is 9.19. The number of carbonyl (C=O) groups is 1. The number of ketones is 1. The Morgan fingerprint density at radius 1 is 1.21 bits per heavy atom. The highest BCUT2D eigenvalue weighted by Crippen LogP contribution is 2.18. The molecule has 0 aliphatic heterocycles. The van der Waals surface area contributed by atoms with E-state index in [1.807, 2.05) is 54.8 Å². The van der Waals surface area contributed by atoms with Crippen molar-refractivity contribution in [1.29, 1.82) is 0 Å². The van der Waals surface area contributed by atoms with Gasteiger partial charge in [-0.1, -0.05) is 34.1 Å². The number of benzene rings is 2. The van der Waals surface area contributed by atoms with Gasteiger partial charge in [-0.25, -0.2) is 0 Å². The maximum atomic E-state index is 12.0. The van der Waals surface area contributed by atoms with E-state index in [-0.39, 0.29) is 12.4 Å². The van der Waals surface area contributed by atoms with E-state index in [2.05, 4.69) is 15.9 Å². The third kappa shape index (κ3) is 4.11.